The van der Waals surface area contributed by atoms with Crippen molar-refractivity contribution in [2.24, 2.45) is 0 Å². The normalized spacial score (nSPS) is 10.4. The summed E-state index contributed by atoms with van der Waals surface area (Å²) >= 11 is 7.32. The fourth-order valence-corrected chi connectivity index (χ4v) is 2.35. The number of thiophene rings is 1. The number of hydrogen-bond donors (Lipinski definition) is 1. The van der Waals surface area contributed by atoms with E-state index in [0.717, 1.165) is 5.56 Å². The third kappa shape index (κ3) is 2.28. The molecule has 3 nitrogen and oxygen atoms in total. The average Bonchev–Trinajstić information content (AvgIpc) is 2.84. The molecule has 2 aromatic rings. The Morgan fingerprint density at radius 3 is 2.94 bits per heavy atom. The Bertz CT molecular complexity index is 504. The maximum absolute atomic E-state index is 11.7. The second-order valence-corrected chi connectivity index (χ2v) is 4.46. The molecule has 1 N–H and O–H groups in total. The zero-order chi connectivity index (χ0) is 11.5. The summed E-state index contributed by atoms with van der Waals surface area (Å²) in [5.41, 5.74) is 2.68. The third-order valence-corrected chi connectivity index (χ3v) is 3.47. The molecular weight excluding hydrogens is 246 g/mol. The minimum atomic E-state index is -0.218. The SMILES string of the molecule is Cc1cscc1CNC(=O)c1ccoc1Cl. The smallest absolute Gasteiger partial charge is 0.256 e. The monoisotopic (exact) mass is 255 g/mol. The summed E-state index contributed by atoms with van der Waals surface area (Å²) in [5.74, 6) is -0.218. The molecule has 1 amide bonds. The highest BCUT2D eigenvalue weighted by Gasteiger charge is 2.12. The molecule has 0 fully saturated rings. The van der Waals surface area contributed by atoms with Crippen molar-refractivity contribution in [1.82, 2.24) is 5.32 Å². The second kappa shape index (κ2) is 4.72. The molecule has 0 aliphatic carbocycles. The van der Waals surface area contributed by atoms with Gasteiger partial charge in [-0.2, -0.15) is 11.3 Å². The quantitative estimate of drug-likeness (QED) is 0.915. The van der Waals surface area contributed by atoms with Crippen molar-refractivity contribution in [2.45, 2.75) is 13.5 Å². The van der Waals surface area contributed by atoms with E-state index in [9.17, 15) is 4.79 Å². The van der Waals surface area contributed by atoms with Gasteiger partial charge in [-0.15, -0.1) is 0 Å². The summed E-state index contributed by atoms with van der Waals surface area (Å²) in [5, 5.41) is 6.99. The largest absolute Gasteiger partial charge is 0.452 e. The topological polar surface area (TPSA) is 42.2 Å². The highest BCUT2D eigenvalue weighted by molar-refractivity contribution is 7.08. The van der Waals surface area contributed by atoms with Crippen LogP contribution in [-0.4, -0.2) is 5.91 Å². The van der Waals surface area contributed by atoms with Gasteiger partial charge in [0.2, 0.25) is 5.22 Å². The Morgan fingerprint density at radius 1 is 1.56 bits per heavy atom. The predicted molar refractivity (Wildman–Crippen MR) is 63.9 cm³/mol. The third-order valence-electron chi connectivity index (χ3n) is 2.26. The lowest BCUT2D eigenvalue weighted by Gasteiger charge is -2.03. The molecule has 0 aliphatic heterocycles. The van der Waals surface area contributed by atoms with Gasteiger partial charge in [0.25, 0.3) is 5.91 Å². The highest BCUT2D eigenvalue weighted by atomic mass is 35.5. The van der Waals surface area contributed by atoms with Crippen LogP contribution in [0.5, 0.6) is 0 Å². The van der Waals surface area contributed by atoms with Gasteiger partial charge in [0, 0.05) is 6.54 Å². The van der Waals surface area contributed by atoms with Crippen LogP contribution in [0.25, 0.3) is 0 Å². The van der Waals surface area contributed by atoms with E-state index >= 15 is 0 Å². The van der Waals surface area contributed by atoms with Crippen LogP contribution in [0.15, 0.2) is 27.5 Å². The Hall–Kier alpha value is -1.26. The first kappa shape index (κ1) is 11.2. The number of amides is 1. The zero-order valence-electron chi connectivity index (χ0n) is 8.62. The minimum Gasteiger partial charge on any atom is -0.452 e. The first-order chi connectivity index (χ1) is 7.68. The maximum Gasteiger partial charge on any atom is 0.256 e. The molecule has 0 aromatic carbocycles. The van der Waals surface area contributed by atoms with Crippen LogP contribution in [-0.2, 0) is 6.54 Å². The van der Waals surface area contributed by atoms with Crippen molar-refractivity contribution in [2.75, 3.05) is 0 Å². The Labute approximate surface area is 102 Å². The molecular formula is C11H10ClNO2S. The van der Waals surface area contributed by atoms with E-state index in [4.69, 9.17) is 16.0 Å². The highest BCUT2D eigenvalue weighted by Crippen LogP contribution is 2.17. The minimum absolute atomic E-state index is 0.125. The van der Waals surface area contributed by atoms with Gasteiger partial charge >= 0.3 is 0 Å². The molecule has 0 radical (unpaired) electrons. The van der Waals surface area contributed by atoms with Crippen LogP contribution < -0.4 is 5.32 Å². The standard InChI is InChI=1S/C11H10ClNO2S/c1-7-5-16-6-8(7)4-13-11(14)9-2-3-15-10(9)12/h2-3,5-6H,4H2,1H3,(H,13,14). The van der Waals surface area contributed by atoms with Crippen LogP contribution >= 0.6 is 22.9 Å². The number of nitrogens with one attached hydrogen (secondary N) is 1. The molecule has 0 saturated heterocycles. The molecule has 0 atom stereocenters. The molecule has 0 spiro atoms. The van der Waals surface area contributed by atoms with Crippen molar-refractivity contribution >= 4 is 28.8 Å². The number of carbonyl (C=O) groups excluding carboxylic acids is 1. The lowest BCUT2D eigenvalue weighted by Crippen LogP contribution is -2.22. The number of hydrogen-bond acceptors (Lipinski definition) is 3. The molecule has 0 unspecified atom stereocenters. The summed E-state index contributed by atoms with van der Waals surface area (Å²) in [6, 6.07) is 1.55. The van der Waals surface area contributed by atoms with Crippen molar-refractivity contribution < 1.29 is 9.21 Å². The predicted octanol–water partition coefficient (Wildman–Crippen LogP) is 3.23. The second-order valence-electron chi connectivity index (χ2n) is 3.37. The van der Waals surface area contributed by atoms with E-state index in [1.165, 1.54) is 11.8 Å². The number of furan rings is 1. The van der Waals surface area contributed by atoms with Gasteiger partial charge in [0.05, 0.1) is 11.8 Å². The molecule has 2 aromatic heterocycles. The summed E-state index contributed by atoms with van der Waals surface area (Å²) in [6.07, 6.45) is 1.40. The first-order valence-corrected chi connectivity index (χ1v) is 6.03. The van der Waals surface area contributed by atoms with Crippen LogP contribution in [0, 0.1) is 6.92 Å². The van der Waals surface area contributed by atoms with Crippen LogP contribution in [0.4, 0.5) is 0 Å². The number of halogens is 1. The van der Waals surface area contributed by atoms with Crippen molar-refractivity contribution in [3.63, 3.8) is 0 Å². The molecule has 84 valence electrons. The van der Waals surface area contributed by atoms with E-state index in [1.54, 1.807) is 17.4 Å². The molecule has 2 heterocycles. The Kier molecular flexibility index (Phi) is 3.31. The van der Waals surface area contributed by atoms with Gasteiger partial charge in [-0.05, 0) is 46.5 Å². The number of carbonyl (C=O) groups is 1. The summed E-state index contributed by atoms with van der Waals surface area (Å²) < 4.78 is 4.85. The van der Waals surface area contributed by atoms with Crippen molar-refractivity contribution in [3.8, 4) is 0 Å². The molecule has 5 heteroatoms. The van der Waals surface area contributed by atoms with Crippen molar-refractivity contribution in [3.05, 3.63) is 45.0 Å². The van der Waals surface area contributed by atoms with Crippen LogP contribution in [0.1, 0.15) is 21.5 Å². The Morgan fingerprint density at radius 2 is 2.38 bits per heavy atom. The van der Waals surface area contributed by atoms with E-state index in [0.29, 0.717) is 12.1 Å². The van der Waals surface area contributed by atoms with Gasteiger partial charge in [-0.1, -0.05) is 0 Å². The summed E-state index contributed by atoms with van der Waals surface area (Å²) in [6.45, 7) is 2.53. The first-order valence-electron chi connectivity index (χ1n) is 4.71. The summed E-state index contributed by atoms with van der Waals surface area (Å²) in [4.78, 5) is 11.7. The lowest BCUT2D eigenvalue weighted by atomic mass is 10.2. The fraction of sp³-hybridized carbons (Fsp3) is 0.182. The van der Waals surface area contributed by atoms with Crippen molar-refractivity contribution in [1.29, 1.82) is 0 Å². The summed E-state index contributed by atoms with van der Waals surface area (Å²) in [7, 11) is 0. The zero-order valence-corrected chi connectivity index (χ0v) is 10.2. The van der Waals surface area contributed by atoms with E-state index in [2.05, 4.69) is 5.32 Å². The van der Waals surface area contributed by atoms with E-state index in [1.807, 2.05) is 17.7 Å². The van der Waals surface area contributed by atoms with Gasteiger partial charge in [0.15, 0.2) is 0 Å². The molecule has 2 rings (SSSR count). The Balaban J connectivity index is 1.99. The maximum atomic E-state index is 11.7. The van der Waals surface area contributed by atoms with Gasteiger partial charge in [-0.25, -0.2) is 0 Å². The lowest BCUT2D eigenvalue weighted by molar-refractivity contribution is 0.0950. The van der Waals surface area contributed by atoms with E-state index in [-0.39, 0.29) is 11.1 Å². The van der Waals surface area contributed by atoms with Crippen LogP contribution in [0.2, 0.25) is 5.22 Å². The average molecular weight is 256 g/mol. The number of aryl methyl sites for hydroxylation is 1. The van der Waals surface area contributed by atoms with Gasteiger partial charge in [-0.3, -0.25) is 4.79 Å². The molecule has 16 heavy (non-hydrogen) atoms. The molecule has 0 saturated carbocycles. The molecule has 0 aliphatic rings. The number of rotatable bonds is 3. The van der Waals surface area contributed by atoms with Crippen LogP contribution in [0.3, 0.4) is 0 Å². The van der Waals surface area contributed by atoms with Gasteiger partial charge < -0.3 is 9.73 Å². The van der Waals surface area contributed by atoms with E-state index < -0.39 is 0 Å². The van der Waals surface area contributed by atoms with Gasteiger partial charge in [0.1, 0.15) is 0 Å². The fourth-order valence-electron chi connectivity index (χ4n) is 1.29. The molecule has 0 bridgehead atoms.